The summed E-state index contributed by atoms with van der Waals surface area (Å²) in [7, 11) is 0. The number of nitrogens with zero attached hydrogens (tertiary/aromatic N) is 5. The van der Waals surface area contributed by atoms with Gasteiger partial charge in [0, 0.05) is 31.9 Å². The first-order valence-corrected chi connectivity index (χ1v) is 12.1. The number of carbonyl (C=O) groups excluding carboxylic acids is 1. The van der Waals surface area contributed by atoms with Gasteiger partial charge in [-0.3, -0.25) is 4.79 Å². The minimum atomic E-state index is -0.977. The van der Waals surface area contributed by atoms with Crippen molar-refractivity contribution < 1.29 is 19.7 Å². The number of rotatable bonds is 9. The number of imidazole rings is 1. The van der Waals surface area contributed by atoms with E-state index < -0.39 is 12.7 Å². The lowest BCUT2D eigenvalue weighted by atomic mass is 10.0. The molecule has 10 nitrogen and oxygen atoms in total. The summed E-state index contributed by atoms with van der Waals surface area (Å²) in [5.41, 5.74) is 2.43. The number of H-pyrrole nitrogens is 1. The molecule has 5 rings (SSSR count). The normalized spacial score (nSPS) is 16.5. The third-order valence-corrected chi connectivity index (χ3v) is 6.71. The van der Waals surface area contributed by atoms with Crippen molar-refractivity contribution in [3.8, 4) is 5.75 Å². The lowest BCUT2D eigenvalue weighted by Gasteiger charge is -2.26. The largest absolute Gasteiger partial charge is 0.491 e. The smallest absolute Gasteiger partial charge is 0.219 e. The zero-order chi connectivity index (χ0) is 25.1. The van der Waals surface area contributed by atoms with Gasteiger partial charge < -0.3 is 29.7 Å². The number of amides is 1. The average Bonchev–Trinajstić information content (AvgIpc) is 3.57. The molecule has 0 aliphatic carbocycles. The van der Waals surface area contributed by atoms with E-state index in [0.29, 0.717) is 18.8 Å². The highest BCUT2D eigenvalue weighted by molar-refractivity contribution is 5.91. The Morgan fingerprint density at radius 3 is 2.86 bits per heavy atom. The fourth-order valence-corrected chi connectivity index (χ4v) is 4.86. The number of nitrogens with one attached hydrogen (secondary N) is 1. The quantitative estimate of drug-likeness (QED) is 0.326. The molecule has 4 aromatic rings. The van der Waals surface area contributed by atoms with Crippen molar-refractivity contribution in [2.75, 3.05) is 31.2 Å². The summed E-state index contributed by atoms with van der Waals surface area (Å²) < 4.78 is 6.37. The van der Waals surface area contributed by atoms with Gasteiger partial charge in [0.05, 0.1) is 25.1 Å². The van der Waals surface area contributed by atoms with E-state index in [9.17, 15) is 15.0 Å². The van der Waals surface area contributed by atoms with Crippen molar-refractivity contribution in [1.82, 2.24) is 24.8 Å². The number of hydrogen-bond donors (Lipinski definition) is 3. The Morgan fingerprint density at radius 1 is 1.22 bits per heavy atom. The Hall–Kier alpha value is -3.76. The van der Waals surface area contributed by atoms with E-state index in [1.54, 1.807) is 12.7 Å². The molecule has 3 N–H and O–H groups in total. The molecule has 1 amide bonds. The Kier molecular flexibility index (Phi) is 6.97. The molecule has 0 bridgehead atoms. The van der Waals surface area contributed by atoms with Crippen LogP contribution < -0.4 is 9.64 Å². The van der Waals surface area contributed by atoms with Gasteiger partial charge in [0.1, 0.15) is 24.2 Å². The number of aliphatic hydroxyl groups excluding tert-OH is 2. The molecule has 0 spiro atoms. The highest BCUT2D eigenvalue weighted by Gasteiger charge is 2.28. The molecular weight excluding hydrogens is 460 g/mol. The van der Waals surface area contributed by atoms with E-state index in [2.05, 4.69) is 24.8 Å². The van der Waals surface area contributed by atoms with Crippen LogP contribution >= 0.6 is 0 Å². The molecule has 36 heavy (non-hydrogen) atoms. The fourth-order valence-electron chi connectivity index (χ4n) is 4.86. The number of hydrogen-bond acceptors (Lipinski definition) is 8. The number of benzene rings is 2. The van der Waals surface area contributed by atoms with E-state index in [1.165, 1.54) is 11.8 Å². The number of carbonyl (C=O) groups is 1. The number of fused-ring (bicyclic) bond motifs is 2. The number of aromatic amines is 1. The van der Waals surface area contributed by atoms with Gasteiger partial charge in [-0.15, -0.1) is 0 Å². The molecule has 0 radical (unpaired) electrons. The van der Waals surface area contributed by atoms with Crippen LogP contribution in [0.1, 0.15) is 25.3 Å². The van der Waals surface area contributed by atoms with Crippen molar-refractivity contribution >= 4 is 33.7 Å². The van der Waals surface area contributed by atoms with Gasteiger partial charge in [0.15, 0.2) is 11.5 Å². The monoisotopic (exact) mass is 490 g/mol. The Labute approximate surface area is 208 Å². The molecule has 2 aromatic carbocycles. The zero-order valence-electron chi connectivity index (χ0n) is 20.2. The van der Waals surface area contributed by atoms with E-state index in [-0.39, 0.29) is 18.5 Å². The summed E-state index contributed by atoms with van der Waals surface area (Å²) in [4.78, 5) is 32.1. The van der Waals surface area contributed by atoms with Crippen molar-refractivity contribution in [2.45, 2.75) is 38.5 Å². The van der Waals surface area contributed by atoms with Crippen LogP contribution in [-0.2, 0) is 11.3 Å². The van der Waals surface area contributed by atoms with Crippen LogP contribution in [0.25, 0.3) is 21.9 Å². The first kappa shape index (κ1) is 24.0. The third kappa shape index (κ3) is 4.82. The molecule has 1 aliphatic heterocycles. The lowest BCUT2D eigenvalue weighted by molar-refractivity contribution is -0.131. The summed E-state index contributed by atoms with van der Waals surface area (Å²) >= 11 is 0. The van der Waals surface area contributed by atoms with Crippen LogP contribution in [0.5, 0.6) is 5.75 Å². The van der Waals surface area contributed by atoms with Gasteiger partial charge in [0.25, 0.3) is 0 Å². The maximum atomic E-state index is 12.2. The molecule has 10 heteroatoms. The SMILES string of the molecule is CC(=O)N(Cc1ccc(OCC2CCCN2c2ncnc3nc[nH]c23)c2ccccc12)CC(O)CO. The molecule has 188 valence electrons. The van der Waals surface area contributed by atoms with E-state index in [4.69, 9.17) is 4.74 Å². The lowest BCUT2D eigenvalue weighted by Crippen LogP contribution is -2.37. The van der Waals surface area contributed by atoms with Gasteiger partial charge in [-0.2, -0.15) is 0 Å². The van der Waals surface area contributed by atoms with Gasteiger partial charge in [-0.25, -0.2) is 15.0 Å². The predicted octanol–water partition coefficient (Wildman–Crippen LogP) is 2.26. The fraction of sp³-hybridized carbons (Fsp3) is 0.385. The molecule has 2 aromatic heterocycles. The maximum Gasteiger partial charge on any atom is 0.219 e. The summed E-state index contributed by atoms with van der Waals surface area (Å²) in [6.07, 6.45) is 4.25. The molecule has 2 atom stereocenters. The van der Waals surface area contributed by atoms with E-state index in [0.717, 1.165) is 52.8 Å². The van der Waals surface area contributed by atoms with Gasteiger partial charge >= 0.3 is 0 Å². The summed E-state index contributed by atoms with van der Waals surface area (Å²) in [5, 5.41) is 21.0. The Bertz CT molecular complexity index is 1360. The Morgan fingerprint density at radius 2 is 2.06 bits per heavy atom. The van der Waals surface area contributed by atoms with Crippen molar-refractivity contribution in [2.24, 2.45) is 0 Å². The number of aromatic nitrogens is 4. The zero-order valence-corrected chi connectivity index (χ0v) is 20.2. The van der Waals surface area contributed by atoms with E-state index in [1.807, 2.05) is 36.4 Å². The second kappa shape index (κ2) is 10.5. The van der Waals surface area contributed by atoms with Crippen LogP contribution in [0.4, 0.5) is 5.82 Å². The van der Waals surface area contributed by atoms with Crippen LogP contribution in [0.2, 0.25) is 0 Å². The summed E-state index contributed by atoms with van der Waals surface area (Å²) in [6, 6.07) is 12.0. The van der Waals surface area contributed by atoms with Crippen molar-refractivity contribution in [1.29, 1.82) is 0 Å². The molecule has 1 saturated heterocycles. The number of anilines is 1. The number of aliphatic hydroxyl groups is 2. The van der Waals surface area contributed by atoms with E-state index >= 15 is 0 Å². The molecule has 0 saturated carbocycles. The number of ether oxygens (including phenoxy) is 1. The molecule has 2 unspecified atom stereocenters. The second-order valence-corrected chi connectivity index (χ2v) is 9.10. The minimum Gasteiger partial charge on any atom is -0.491 e. The highest BCUT2D eigenvalue weighted by Crippen LogP contribution is 2.32. The van der Waals surface area contributed by atoms with Crippen molar-refractivity contribution in [3.63, 3.8) is 0 Å². The third-order valence-electron chi connectivity index (χ3n) is 6.71. The highest BCUT2D eigenvalue weighted by atomic mass is 16.5. The molecular formula is C26H30N6O4. The molecule has 1 fully saturated rings. The first-order chi connectivity index (χ1) is 17.5. The van der Waals surface area contributed by atoms with Crippen LogP contribution in [0, 0.1) is 0 Å². The average molecular weight is 491 g/mol. The minimum absolute atomic E-state index is 0.0720. The summed E-state index contributed by atoms with van der Waals surface area (Å²) in [6.45, 7) is 2.87. The van der Waals surface area contributed by atoms with Gasteiger partial charge in [0.2, 0.25) is 5.91 Å². The van der Waals surface area contributed by atoms with Crippen LogP contribution in [-0.4, -0.2) is 79.4 Å². The van der Waals surface area contributed by atoms with Gasteiger partial charge in [-0.1, -0.05) is 30.3 Å². The predicted molar refractivity (Wildman–Crippen MR) is 136 cm³/mol. The summed E-state index contributed by atoms with van der Waals surface area (Å²) in [5.74, 6) is 1.46. The molecule has 3 heterocycles. The topological polar surface area (TPSA) is 128 Å². The molecule has 1 aliphatic rings. The van der Waals surface area contributed by atoms with Crippen LogP contribution in [0.3, 0.4) is 0 Å². The first-order valence-electron chi connectivity index (χ1n) is 12.1. The van der Waals surface area contributed by atoms with Gasteiger partial charge in [-0.05, 0) is 29.9 Å². The second-order valence-electron chi connectivity index (χ2n) is 9.10. The van der Waals surface area contributed by atoms with Crippen LogP contribution in [0.15, 0.2) is 49.1 Å². The standard InChI is InChI=1S/C26H30N6O4/c1-17(34)31(12-20(35)13-33)11-18-8-9-23(22-7-3-2-6-21(18)22)36-14-19-5-4-10-32(19)26-24-25(28-15-27-24)29-16-30-26/h2-3,6-9,15-16,19-20,33,35H,4-5,10-14H2,1H3,(H,27,28,29,30). The van der Waals surface area contributed by atoms with Crippen molar-refractivity contribution in [3.05, 3.63) is 54.6 Å². The Balaban J connectivity index is 1.36. The maximum absolute atomic E-state index is 12.2.